The summed E-state index contributed by atoms with van der Waals surface area (Å²) in [5.74, 6) is 0.360. The quantitative estimate of drug-likeness (QED) is 0.298. The summed E-state index contributed by atoms with van der Waals surface area (Å²) in [6.45, 7) is 1.90. The van der Waals surface area contributed by atoms with E-state index in [-0.39, 0.29) is 29.6 Å². The molecular weight excluding hydrogens is 506 g/mol. The van der Waals surface area contributed by atoms with Crippen molar-refractivity contribution in [2.45, 2.75) is 13.5 Å². The number of carbonyl (C=O) groups is 2. The summed E-state index contributed by atoms with van der Waals surface area (Å²) in [4.78, 5) is 34.5. The molecule has 1 amide bonds. The summed E-state index contributed by atoms with van der Waals surface area (Å²) in [7, 11) is 4.41. The molecule has 0 spiro atoms. The second-order valence-electron chi connectivity index (χ2n) is 8.38. The highest BCUT2D eigenvalue weighted by Gasteiger charge is 2.25. The monoisotopic (exact) mass is 533 g/mol. The number of aryl methyl sites for hydroxylation is 1. The molecule has 202 valence electrons. The van der Waals surface area contributed by atoms with E-state index in [1.165, 1.54) is 50.5 Å². The number of aromatic carboxylic acids is 1. The number of aromatic nitrogens is 2. The van der Waals surface area contributed by atoms with Crippen LogP contribution in [0.25, 0.3) is 10.9 Å². The third-order valence-corrected chi connectivity index (χ3v) is 6.10. The van der Waals surface area contributed by atoms with Gasteiger partial charge in [0.2, 0.25) is 11.7 Å². The first-order chi connectivity index (χ1) is 18.7. The predicted octanol–water partition coefficient (Wildman–Crippen LogP) is 4.03. The van der Waals surface area contributed by atoms with E-state index in [2.05, 4.69) is 9.97 Å². The van der Waals surface area contributed by atoms with Crippen LogP contribution in [0.4, 0.5) is 22.2 Å². The number of carboxylic acids is 1. The minimum absolute atomic E-state index is 0.0519. The molecule has 0 aliphatic rings. The van der Waals surface area contributed by atoms with Crippen LogP contribution in [0.2, 0.25) is 0 Å². The number of carbonyl (C=O) groups excluding carboxylic acids is 1. The molecular formula is C27H27N5O7. The molecule has 0 bridgehead atoms. The van der Waals surface area contributed by atoms with Crippen LogP contribution in [0.5, 0.6) is 23.0 Å². The minimum Gasteiger partial charge on any atom is -0.493 e. The number of ether oxygens (including phenoxy) is 4. The van der Waals surface area contributed by atoms with Gasteiger partial charge in [0.25, 0.3) is 0 Å². The normalized spacial score (nSPS) is 10.7. The number of anilines is 3. The van der Waals surface area contributed by atoms with Crippen LogP contribution in [-0.4, -0.2) is 48.5 Å². The standard InChI is InChI=1S/C27H27N5O7/c1-14-16(7-10-19-22(14)24(28)31-26(29)30-19)13-32(17-11-20(36-2)23(38-4)21(12-17)37-3)27(35)39-18-8-5-15(6-9-18)25(33)34/h5-12H,13H2,1-4H3,(H,33,34)(H4,28,29,30,31). The van der Waals surface area contributed by atoms with E-state index in [9.17, 15) is 9.59 Å². The van der Waals surface area contributed by atoms with E-state index in [1.807, 2.05) is 13.0 Å². The van der Waals surface area contributed by atoms with Gasteiger partial charge in [-0.2, -0.15) is 4.98 Å². The molecule has 0 aliphatic heterocycles. The van der Waals surface area contributed by atoms with E-state index < -0.39 is 12.1 Å². The highest BCUT2D eigenvalue weighted by atomic mass is 16.6. The SMILES string of the molecule is COc1cc(N(Cc2ccc3nc(N)nc(N)c3c2C)C(=O)Oc2ccc(C(=O)O)cc2)cc(OC)c1OC. The van der Waals surface area contributed by atoms with Crippen LogP contribution in [0.15, 0.2) is 48.5 Å². The van der Waals surface area contributed by atoms with Crippen LogP contribution in [0, 0.1) is 6.92 Å². The highest BCUT2D eigenvalue weighted by Crippen LogP contribution is 2.42. The molecule has 0 fully saturated rings. The van der Waals surface area contributed by atoms with Gasteiger partial charge in [0.05, 0.1) is 44.6 Å². The number of nitrogen functional groups attached to an aromatic ring is 2. The molecule has 0 saturated heterocycles. The van der Waals surface area contributed by atoms with Crippen molar-refractivity contribution in [1.29, 1.82) is 0 Å². The average molecular weight is 534 g/mol. The summed E-state index contributed by atoms with van der Waals surface area (Å²) in [6, 6.07) is 12.3. The number of hydrogen-bond acceptors (Lipinski definition) is 10. The third kappa shape index (κ3) is 5.39. The Bertz CT molecular complexity index is 1530. The van der Waals surface area contributed by atoms with Crippen LogP contribution in [0.3, 0.4) is 0 Å². The van der Waals surface area contributed by atoms with E-state index in [0.717, 1.165) is 11.1 Å². The fraction of sp³-hybridized carbons (Fsp3) is 0.185. The lowest BCUT2D eigenvalue weighted by Gasteiger charge is -2.25. The Balaban J connectivity index is 1.80. The molecule has 5 N–H and O–H groups in total. The van der Waals surface area contributed by atoms with E-state index >= 15 is 0 Å². The number of rotatable bonds is 8. The van der Waals surface area contributed by atoms with Gasteiger partial charge in [0.15, 0.2) is 11.5 Å². The number of carboxylic acid groups (broad SMARTS) is 1. The van der Waals surface area contributed by atoms with Crippen molar-refractivity contribution >= 4 is 40.4 Å². The first-order valence-electron chi connectivity index (χ1n) is 11.6. The summed E-state index contributed by atoms with van der Waals surface area (Å²) < 4.78 is 22.0. The van der Waals surface area contributed by atoms with Crippen LogP contribution in [0.1, 0.15) is 21.5 Å². The fourth-order valence-corrected chi connectivity index (χ4v) is 4.13. The Kier molecular flexibility index (Phi) is 7.56. The lowest BCUT2D eigenvalue weighted by molar-refractivity contribution is 0.0697. The summed E-state index contributed by atoms with van der Waals surface area (Å²) in [6.07, 6.45) is -0.742. The van der Waals surface area contributed by atoms with Gasteiger partial charge in [0.1, 0.15) is 11.6 Å². The van der Waals surface area contributed by atoms with Crippen LogP contribution >= 0.6 is 0 Å². The maximum absolute atomic E-state index is 13.6. The summed E-state index contributed by atoms with van der Waals surface area (Å²) >= 11 is 0. The Labute approximate surface area is 223 Å². The summed E-state index contributed by atoms with van der Waals surface area (Å²) in [5.41, 5.74) is 14.4. The molecule has 4 rings (SSSR count). The Morgan fingerprint density at radius 2 is 1.56 bits per heavy atom. The first kappa shape index (κ1) is 26.8. The number of nitrogens with zero attached hydrogens (tertiary/aromatic N) is 3. The van der Waals surface area contributed by atoms with Crippen molar-refractivity contribution in [1.82, 2.24) is 9.97 Å². The Morgan fingerprint density at radius 3 is 2.13 bits per heavy atom. The molecule has 1 aromatic heterocycles. The predicted molar refractivity (Wildman–Crippen MR) is 145 cm³/mol. The minimum atomic E-state index is -1.09. The van der Waals surface area contributed by atoms with Gasteiger partial charge in [-0.15, -0.1) is 0 Å². The molecule has 39 heavy (non-hydrogen) atoms. The number of amides is 1. The molecule has 0 radical (unpaired) electrons. The highest BCUT2D eigenvalue weighted by molar-refractivity contribution is 5.94. The Morgan fingerprint density at radius 1 is 0.923 bits per heavy atom. The molecule has 4 aromatic rings. The van der Waals surface area contributed by atoms with Gasteiger partial charge < -0.3 is 35.5 Å². The number of methoxy groups -OCH3 is 3. The van der Waals surface area contributed by atoms with Crippen molar-refractivity contribution < 1.29 is 33.6 Å². The molecule has 0 saturated carbocycles. The molecule has 3 aromatic carbocycles. The number of fused-ring (bicyclic) bond motifs is 1. The molecule has 0 unspecified atom stereocenters. The van der Waals surface area contributed by atoms with Crippen molar-refractivity contribution in [2.24, 2.45) is 0 Å². The molecule has 0 aliphatic carbocycles. The zero-order valence-electron chi connectivity index (χ0n) is 21.7. The summed E-state index contributed by atoms with van der Waals surface area (Å²) in [5, 5.41) is 9.78. The Hall–Kier alpha value is -5.26. The van der Waals surface area contributed by atoms with Crippen molar-refractivity contribution in [3.8, 4) is 23.0 Å². The number of nitrogens with two attached hydrogens (primary N) is 2. The van der Waals surface area contributed by atoms with Crippen molar-refractivity contribution in [3.63, 3.8) is 0 Å². The lowest BCUT2D eigenvalue weighted by atomic mass is 10.0. The van der Waals surface area contributed by atoms with Gasteiger partial charge in [-0.05, 0) is 48.4 Å². The van der Waals surface area contributed by atoms with E-state index in [1.54, 1.807) is 18.2 Å². The van der Waals surface area contributed by atoms with Crippen LogP contribution < -0.4 is 35.3 Å². The second-order valence-corrected chi connectivity index (χ2v) is 8.38. The second kappa shape index (κ2) is 11.0. The van der Waals surface area contributed by atoms with Gasteiger partial charge in [-0.25, -0.2) is 14.6 Å². The molecule has 1 heterocycles. The smallest absolute Gasteiger partial charge is 0.420 e. The maximum atomic E-state index is 13.6. The lowest BCUT2D eigenvalue weighted by Crippen LogP contribution is -2.33. The average Bonchev–Trinajstić information content (AvgIpc) is 2.91. The van der Waals surface area contributed by atoms with E-state index in [4.69, 9.17) is 35.5 Å². The third-order valence-electron chi connectivity index (χ3n) is 6.10. The first-order valence-corrected chi connectivity index (χ1v) is 11.6. The van der Waals surface area contributed by atoms with Gasteiger partial charge >= 0.3 is 12.1 Å². The number of benzene rings is 3. The van der Waals surface area contributed by atoms with Crippen molar-refractivity contribution in [2.75, 3.05) is 37.7 Å². The molecule has 12 heteroatoms. The van der Waals surface area contributed by atoms with Gasteiger partial charge in [0, 0.05) is 17.5 Å². The van der Waals surface area contributed by atoms with Crippen LogP contribution in [-0.2, 0) is 6.54 Å². The van der Waals surface area contributed by atoms with Crippen molar-refractivity contribution in [3.05, 3.63) is 65.2 Å². The largest absolute Gasteiger partial charge is 0.493 e. The number of hydrogen-bond donors (Lipinski definition) is 3. The topological polar surface area (TPSA) is 172 Å². The van der Waals surface area contributed by atoms with Gasteiger partial charge in [-0.3, -0.25) is 4.90 Å². The molecule has 12 nitrogen and oxygen atoms in total. The van der Waals surface area contributed by atoms with Gasteiger partial charge in [-0.1, -0.05) is 6.07 Å². The fourth-order valence-electron chi connectivity index (χ4n) is 4.13. The maximum Gasteiger partial charge on any atom is 0.420 e. The molecule has 0 atom stereocenters. The zero-order valence-corrected chi connectivity index (χ0v) is 21.7. The van der Waals surface area contributed by atoms with E-state index in [0.29, 0.717) is 33.8 Å². The zero-order chi connectivity index (χ0) is 28.3.